The number of carbonyl (C=O) groups is 1. The molecule has 1 amide bonds. The van der Waals surface area contributed by atoms with Crippen molar-refractivity contribution in [3.05, 3.63) is 59.8 Å². The van der Waals surface area contributed by atoms with Crippen LogP contribution in [0.15, 0.2) is 53.1 Å². The van der Waals surface area contributed by atoms with Gasteiger partial charge in [-0.2, -0.15) is 0 Å². The van der Waals surface area contributed by atoms with Crippen LogP contribution in [0.2, 0.25) is 0 Å². The zero-order chi connectivity index (χ0) is 19.2. The second-order valence-corrected chi connectivity index (χ2v) is 5.61. The van der Waals surface area contributed by atoms with Gasteiger partial charge in [0, 0.05) is 18.2 Å². The van der Waals surface area contributed by atoms with Gasteiger partial charge in [-0.05, 0) is 18.2 Å². The lowest BCUT2D eigenvalue weighted by Crippen LogP contribution is -2.23. The van der Waals surface area contributed by atoms with Gasteiger partial charge in [-0.15, -0.1) is 0 Å². The summed E-state index contributed by atoms with van der Waals surface area (Å²) < 4.78 is 21.3. The van der Waals surface area contributed by atoms with Gasteiger partial charge in [-0.3, -0.25) is 4.79 Å². The molecule has 0 unspecified atom stereocenters. The summed E-state index contributed by atoms with van der Waals surface area (Å²) >= 11 is 0. The SMILES string of the molecule is COc1ccccc1-c1cc(C(=O)NCc2cccc(OC)c2OC)no1. The molecule has 0 bridgehead atoms. The van der Waals surface area contributed by atoms with E-state index >= 15 is 0 Å². The van der Waals surface area contributed by atoms with Crippen molar-refractivity contribution in [1.29, 1.82) is 0 Å². The van der Waals surface area contributed by atoms with E-state index in [1.54, 1.807) is 33.5 Å². The molecule has 3 rings (SSSR count). The number of benzene rings is 2. The van der Waals surface area contributed by atoms with Gasteiger partial charge in [0.2, 0.25) is 0 Å². The second kappa shape index (κ2) is 8.27. The maximum Gasteiger partial charge on any atom is 0.273 e. The molecule has 1 heterocycles. The Hall–Kier alpha value is -3.48. The van der Waals surface area contributed by atoms with E-state index in [0.717, 1.165) is 11.1 Å². The number of hydrogen-bond donors (Lipinski definition) is 1. The van der Waals surface area contributed by atoms with Gasteiger partial charge in [0.25, 0.3) is 5.91 Å². The van der Waals surface area contributed by atoms with Crippen LogP contribution < -0.4 is 19.5 Å². The third-order valence-corrected chi connectivity index (χ3v) is 4.04. The summed E-state index contributed by atoms with van der Waals surface area (Å²) in [6.07, 6.45) is 0. The first kappa shape index (κ1) is 18.3. The third-order valence-electron chi connectivity index (χ3n) is 4.04. The first-order valence-electron chi connectivity index (χ1n) is 8.26. The van der Waals surface area contributed by atoms with Crippen LogP contribution in [0.1, 0.15) is 16.1 Å². The lowest BCUT2D eigenvalue weighted by atomic mass is 10.1. The topological polar surface area (TPSA) is 82.8 Å². The predicted molar refractivity (Wildman–Crippen MR) is 99.2 cm³/mol. The highest BCUT2D eigenvalue weighted by Gasteiger charge is 2.17. The van der Waals surface area contributed by atoms with Crippen LogP contribution in [0.4, 0.5) is 0 Å². The van der Waals surface area contributed by atoms with Crippen molar-refractivity contribution in [3.63, 3.8) is 0 Å². The van der Waals surface area contributed by atoms with Gasteiger partial charge in [0.1, 0.15) is 5.75 Å². The summed E-state index contributed by atoms with van der Waals surface area (Å²) in [6.45, 7) is 0.260. The van der Waals surface area contributed by atoms with Crippen LogP contribution in [-0.4, -0.2) is 32.4 Å². The highest BCUT2D eigenvalue weighted by atomic mass is 16.5. The number of rotatable bonds is 7. The Morgan fingerprint density at radius 3 is 2.48 bits per heavy atom. The fourth-order valence-corrected chi connectivity index (χ4v) is 2.72. The molecule has 7 nitrogen and oxygen atoms in total. The van der Waals surface area contributed by atoms with E-state index in [1.807, 2.05) is 36.4 Å². The molecule has 3 aromatic rings. The van der Waals surface area contributed by atoms with E-state index in [0.29, 0.717) is 23.0 Å². The van der Waals surface area contributed by atoms with E-state index in [9.17, 15) is 4.79 Å². The van der Waals surface area contributed by atoms with Crippen molar-refractivity contribution in [2.45, 2.75) is 6.54 Å². The number of methoxy groups -OCH3 is 3. The summed E-state index contributed by atoms with van der Waals surface area (Å²) in [4.78, 5) is 12.4. The predicted octanol–water partition coefficient (Wildman–Crippen LogP) is 3.30. The maximum absolute atomic E-state index is 12.4. The largest absolute Gasteiger partial charge is 0.496 e. The highest BCUT2D eigenvalue weighted by Crippen LogP contribution is 2.31. The number of aromatic nitrogens is 1. The van der Waals surface area contributed by atoms with Crippen LogP contribution in [0, 0.1) is 0 Å². The Kier molecular flexibility index (Phi) is 5.61. The number of hydrogen-bond acceptors (Lipinski definition) is 6. The molecule has 0 radical (unpaired) electrons. The minimum Gasteiger partial charge on any atom is -0.496 e. The minimum absolute atomic E-state index is 0.178. The standard InChI is InChI=1S/C20H20N2O5/c1-24-16-9-5-4-8-14(16)18-11-15(22-27-18)20(23)21-12-13-7-6-10-17(25-2)19(13)26-3/h4-11H,12H2,1-3H3,(H,21,23). The van der Waals surface area contributed by atoms with Crippen molar-refractivity contribution in [1.82, 2.24) is 10.5 Å². The summed E-state index contributed by atoms with van der Waals surface area (Å²) in [5.41, 5.74) is 1.69. The molecule has 27 heavy (non-hydrogen) atoms. The van der Waals surface area contributed by atoms with Gasteiger partial charge in [-0.1, -0.05) is 29.4 Å². The molecular weight excluding hydrogens is 348 g/mol. The van der Waals surface area contributed by atoms with Crippen LogP contribution in [0.3, 0.4) is 0 Å². The van der Waals surface area contributed by atoms with Crippen molar-refractivity contribution in [3.8, 4) is 28.6 Å². The molecule has 0 aliphatic carbocycles. The van der Waals surface area contributed by atoms with E-state index in [2.05, 4.69) is 10.5 Å². The first-order valence-corrected chi connectivity index (χ1v) is 8.26. The van der Waals surface area contributed by atoms with E-state index in [-0.39, 0.29) is 18.1 Å². The molecule has 0 atom stereocenters. The summed E-state index contributed by atoms with van der Waals surface area (Å²) in [7, 11) is 4.69. The monoisotopic (exact) mass is 368 g/mol. The Morgan fingerprint density at radius 2 is 1.74 bits per heavy atom. The van der Waals surface area contributed by atoms with E-state index in [4.69, 9.17) is 18.7 Å². The summed E-state index contributed by atoms with van der Waals surface area (Å²) in [5, 5.41) is 6.66. The van der Waals surface area contributed by atoms with Crippen molar-refractivity contribution >= 4 is 5.91 Å². The number of ether oxygens (including phenoxy) is 3. The number of amides is 1. The zero-order valence-corrected chi connectivity index (χ0v) is 15.3. The lowest BCUT2D eigenvalue weighted by molar-refractivity contribution is 0.0941. The molecule has 2 aromatic carbocycles. The van der Waals surface area contributed by atoms with E-state index in [1.165, 1.54) is 0 Å². The Bertz CT molecular complexity index is 936. The zero-order valence-electron chi connectivity index (χ0n) is 15.3. The Morgan fingerprint density at radius 1 is 1.00 bits per heavy atom. The van der Waals surface area contributed by atoms with Crippen molar-refractivity contribution in [2.75, 3.05) is 21.3 Å². The lowest BCUT2D eigenvalue weighted by Gasteiger charge is -2.12. The molecule has 1 aromatic heterocycles. The van der Waals surface area contributed by atoms with Gasteiger partial charge < -0.3 is 24.1 Å². The number of nitrogens with zero attached hydrogens (tertiary/aromatic N) is 1. The van der Waals surface area contributed by atoms with Gasteiger partial charge in [0.05, 0.1) is 26.9 Å². The fourth-order valence-electron chi connectivity index (χ4n) is 2.72. The third kappa shape index (κ3) is 3.87. The summed E-state index contributed by atoms with van der Waals surface area (Å²) in [5.74, 6) is 1.92. The normalized spacial score (nSPS) is 10.3. The molecule has 1 N–H and O–H groups in total. The van der Waals surface area contributed by atoms with Crippen molar-refractivity contribution in [2.24, 2.45) is 0 Å². The average molecular weight is 368 g/mol. The quantitative estimate of drug-likeness (QED) is 0.689. The number of carbonyl (C=O) groups excluding carboxylic acids is 1. The molecule has 0 fully saturated rings. The van der Waals surface area contributed by atoms with Gasteiger partial charge in [0.15, 0.2) is 23.0 Å². The molecule has 140 valence electrons. The number of nitrogens with one attached hydrogen (secondary N) is 1. The molecule has 0 aliphatic heterocycles. The Labute approximate surface area is 156 Å². The molecule has 0 aliphatic rings. The van der Waals surface area contributed by atoms with Crippen molar-refractivity contribution < 1.29 is 23.5 Å². The highest BCUT2D eigenvalue weighted by molar-refractivity contribution is 5.93. The molecule has 0 saturated heterocycles. The maximum atomic E-state index is 12.4. The average Bonchev–Trinajstić information content (AvgIpc) is 3.21. The van der Waals surface area contributed by atoms with Gasteiger partial charge in [-0.25, -0.2) is 0 Å². The fraction of sp³-hybridized carbons (Fsp3) is 0.200. The first-order chi connectivity index (χ1) is 13.2. The smallest absolute Gasteiger partial charge is 0.273 e. The number of para-hydroxylation sites is 2. The molecule has 7 heteroatoms. The van der Waals surface area contributed by atoms with Gasteiger partial charge >= 0.3 is 0 Å². The summed E-state index contributed by atoms with van der Waals surface area (Å²) in [6, 6.07) is 14.4. The van der Waals surface area contributed by atoms with Crippen LogP contribution >= 0.6 is 0 Å². The van der Waals surface area contributed by atoms with E-state index < -0.39 is 0 Å². The molecule has 0 spiro atoms. The molecule has 0 saturated carbocycles. The van der Waals surface area contributed by atoms with Crippen LogP contribution in [0.5, 0.6) is 17.2 Å². The van der Waals surface area contributed by atoms with Crippen LogP contribution in [-0.2, 0) is 6.54 Å². The second-order valence-electron chi connectivity index (χ2n) is 5.61. The van der Waals surface area contributed by atoms with Crippen LogP contribution in [0.25, 0.3) is 11.3 Å². The molecular formula is C20H20N2O5. The Balaban J connectivity index is 1.74. The minimum atomic E-state index is -0.357.